The Labute approximate surface area is 97.5 Å². The van der Waals surface area contributed by atoms with Gasteiger partial charge in [0.2, 0.25) is 0 Å². The van der Waals surface area contributed by atoms with Crippen molar-refractivity contribution in [3.8, 4) is 5.75 Å². The van der Waals surface area contributed by atoms with Crippen molar-refractivity contribution in [3.05, 3.63) is 17.8 Å². The van der Waals surface area contributed by atoms with Gasteiger partial charge in [-0.25, -0.2) is 4.98 Å². The number of methoxy groups -OCH3 is 1. The number of aromatic nitrogens is 1. The van der Waals surface area contributed by atoms with Crippen molar-refractivity contribution >= 4 is 11.8 Å². The van der Waals surface area contributed by atoms with Crippen molar-refractivity contribution in [3.63, 3.8) is 0 Å². The first-order valence-electron chi connectivity index (χ1n) is 4.83. The first-order valence-corrected chi connectivity index (χ1v) is 4.83. The lowest BCUT2D eigenvalue weighted by Gasteiger charge is -2.17. The molecule has 0 spiro atoms. The molecule has 1 heterocycles. The van der Waals surface area contributed by atoms with E-state index < -0.39 is 18.2 Å². The number of hydrogen-bond acceptors (Lipinski definition) is 7. The fourth-order valence-corrected chi connectivity index (χ4v) is 1.23. The third-order valence-corrected chi connectivity index (χ3v) is 2.23. The second kappa shape index (κ2) is 5.46. The van der Waals surface area contributed by atoms with E-state index in [0.29, 0.717) is 0 Å². The first kappa shape index (κ1) is 13.2. The van der Waals surface area contributed by atoms with Gasteiger partial charge in [-0.2, -0.15) is 0 Å². The number of aliphatic hydroxyl groups is 2. The lowest BCUT2D eigenvalue weighted by Crippen LogP contribution is -2.22. The van der Waals surface area contributed by atoms with E-state index in [4.69, 9.17) is 5.73 Å². The Hall–Kier alpha value is -1.86. The van der Waals surface area contributed by atoms with Crippen LogP contribution in [0.25, 0.3) is 0 Å². The average molecular weight is 242 g/mol. The highest BCUT2D eigenvalue weighted by Gasteiger charge is 2.22. The number of nitrogens with zero attached hydrogens (tertiary/aromatic N) is 1. The molecule has 1 rings (SSSR count). The molecule has 1 aromatic rings. The number of aliphatic hydroxyl groups excluding tert-OH is 2. The van der Waals surface area contributed by atoms with E-state index in [1.807, 2.05) is 0 Å². The Morgan fingerprint density at radius 2 is 2.24 bits per heavy atom. The molecule has 7 heteroatoms. The Morgan fingerprint density at radius 3 is 2.76 bits per heavy atom. The molecule has 94 valence electrons. The molecule has 0 saturated heterocycles. The highest BCUT2D eigenvalue weighted by molar-refractivity contribution is 5.69. The van der Waals surface area contributed by atoms with Gasteiger partial charge >= 0.3 is 5.97 Å². The summed E-state index contributed by atoms with van der Waals surface area (Å²) < 4.78 is 4.35. The molecule has 5 N–H and O–H groups in total. The topological polar surface area (TPSA) is 126 Å². The zero-order valence-electron chi connectivity index (χ0n) is 9.20. The summed E-state index contributed by atoms with van der Waals surface area (Å²) in [5, 5.41) is 28.5. The van der Waals surface area contributed by atoms with Crippen LogP contribution in [0.2, 0.25) is 0 Å². The van der Waals surface area contributed by atoms with Gasteiger partial charge in [0, 0.05) is 11.8 Å². The normalized spacial score (nSPS) is 14.1. The molecule has 0 amide bonds. The summed E-state index contributed by atoms with van der Waals surface area (Å²) in [5.74, 6) is -1.03. The van der Waals surface area contributed by atoms with Crippen molar-refractivity contribution in [2.75, 3.05) is 12.8 Å². The first-order chi connectivity index (χ1) is 7.95. The highest BCUT2D eigenvalue weighted by atomic mass is 16.5. The summed E-state index contributed by atoms with van der Waals surface area (Å²) in [5.41, 5.74) is 5.45. The van der Waals surface area contributed by atoms with Crippen LogP contribution in [0.5, 0.6) is 5.75 Å². The number of pyridine rings is 1. The fourth-order valence-electron chi connectivity index (χ4n) is 1.23. The summed E-state index contributed by atoms with van der Waals surface area (Å²) in [7, 11) is 1.18. The number of nitrogens with two attached hydrogens (primary N) is 1. The van der Waals surface area contributed by atoms with Crippen molar-refractivity contribution in [1.29, 1.82) is 0 Å². The van der Waals surface area contributed by atoms with E-state index in [1.54, 1.807) is 0 Å². The minimum Gasteiger partial charge on any atom is -0.504 e. The number of carbonyl (C=O) groups excluding carboxylic acids is 1. The quantitative estimate of drug-likeness (QED) is 0.515. The van der Waals surface area contributed by atoms with Gasteiger partial charge in [0.05, 0.1) is 19.6 Å². The van der Waals surface area contributed by atoms with Gasteiger partial charge in [-0.15, -0.1) is 0 Å². The van der Waals surface area contributed by atoms with Crippen molar-refractivity contribution in [2.24, 2.45) is 0 Å². The van der Waals surface area contributed by atoms with E-state index >= 15 is 0 Å². The Balaban J connectivity index is 2.77. The Bertz CT molecular complexity index is 410. The second-order valence-electron chi connectivity index (χ2n) is 3.47. The number of carbonyl (C=O) groups is 1. The van der Waals surface area contributed by atoms with Crippen molar-refractivity contribution in [2.45, 2.75) is 18.6 Å². The van der Waals surface area contributed by atoms with Gasteiger partial charge in [-0.1, -0.05) is 0 Å². The Kier molecular flexibility index (Phi) is 4.24. The lowest BCUT2D eigenvalue weighted by atomic mass is 10.0. The van der Waals surface area contributed by atoms with Crippen LogP contribution in [0.3, 0.4) is 0 Å². The maximum atomic E-state index is 10.9. The molecule has 0 fully saturated rings. The molecule has 2 atom stereocenters. The number of anilines is 1. The molecular formula is C10H14N2O5. The number of aromatic hydroxyl groups is 1. The molecule has 0 saturated carbocycles. The van der Waals surface area contributed by atoms with E-state index in [2.05, 4.69) is 9.72 Å². The predicted molar refractivity (Wildman–Crippen MR) is 57.9 cm³/mol. The van der Waals surface area contributed by atoms with Gasteiger partial charge in [0.15, 0.2) is 11.6 Å². The van der Waals surface area contributed by atoms with Crippen LogP contribution in [0.4, 0.5) is 5.82 Å². The van der Waals surface area contributed by atoms with Crippen LogP contribution in [0, 0.1) is 0 Å². The van der Waals surface area contributed by atoms with Crippen LogP contribution < -0.4 is 5.73 Å². The maximum Gasteiger partial charge on any atom is 0.308 e. The third kappa shape index (κ3) is 3.30. The number of esters is 1. The standard InChI is InChI=1S/C10H14N2O5/c1-17-8(15)3-6(13)9(16)5-2-7(14)10(11)12-4-5/h2,4,6,9,13-14,16H,3H2,1H3,(H2,11,12). The molecule has 7 nitrogen and oxygen atoms in total. The summed E-state index contributed by atoms with van der Waals surface area (Å²) in [6.07, 6.45) is -1.84. The van der Waals surface area contributed by atoms with Crippen LogP contribution in [0.1, 0.15) is 18.1 Å². The molecule has 0 aliphatic carbocycles. The molecule has 0 bridgehead atoms. The average Bonchev–Trinajstić information content (AvgIpc) is 2.31. The molecule has 0 aliphatic rings. The van der Waals surface area contributed by atoms with Crippen LogP contribution in [-0.4, -0.2) is 39.5 Å². The molecule has 1 aromatic heterocycles. The molecular weight excluding hydrogens is 228 g/mol. The number of ether oxygens (including phenoxy) is 1. The molecule has 0 radical (unpaired) electrons. The second-order valence-corrected chi connectivity index (χ2v) is 3.47. The summed E-state index contributed by atoms with van der Waals surface area (Å²) >= 11 is 0. The van der Waals surface area contributed by atoms with E-state index in [0.717, 1.165) is 0 Å². The van der Waals surface area contributed by atoms with Crippen LogP contribution in [-0.2, 0) is 9.53 Å². The van der Waals surface area contributed by atoms with Gasteiger partial charge in [-0.3, -0.25) is 4.79 Å². The zero-order valence-corrected chi connectivity index (χ0v) is 9.20. The number of rotatable bonds is 4. The molecule has 0 aromatic carbocycles. The molecule has 17 heavy (non-hydrogen) atoms. The smallest absolute Gasteiger partial charge is 0.308 e. The summed E-state index contributed by atoms with van der Waals surface area (Å²) in [6, 6.07) is 1.17. The SMILES string of the molecule is COC(=O)CC(O)C(O)c1cnc(N)c(O)c1. The minimum atomic E-state index is -1.35. The number of hydrogen-bond donors (Lipinski definition) is 4. The van der Waals surface area contributed by atoms with E-state index in [9.17, 15) is 20.1 Å². The fraction of sp³-hybridized carbons (Fsp3) is 0.400. The van der Waals surface area contributed by atoms with Crippen molar-refractivity contribution < 1.29 is 24.9 Å². The molecule has 0 aliphatic heterocycles. The Morgan fingerprint density at radius 1 is 1.59 bits per heavy atom. The minimum absolute atomic E-state index is 0.0802. The predicted octanol–water partition coefficient (Wildman–Crippen LogP) is -0.673. The van der Waals surface area contributed by atoms with E-state index in [1.165, 1.54) is 19.4 Å². The zero-order chi connectivity index (χ0) is 13.0. The van der Waals surface area contributed by atoms with Crippen molar-refractivity contribution in [1.82, 2.24) is 4.98 Å². The van der Waals surface area contributed by atoms with Gasteiger partial charge in [-0.05, 0) is 6.07 Å². The maximum absolute atomic E-state index is 10.9. The summed E-state index contributed by atoms with van der Waals surface area (Å²) in [6.45, 7) is 0. The van der Waals surface area contributed by atoms with Gasteiger partial charge in [0.1, 0.15) is 6.10 Å². The third-order valence-electron chi connectivity index (χ3n) is 2.23. The monoisotopic (exact) mass is 242 g/mol. The van der Waals surface area contributed by atoms with Crippen LogP contribution >= 0.6 is 0 Å². The van der Waals surface area contributed by atoms with Gasteiger partial charge in [0.25, 0.3) is 0 Å². The summed E-state index contributed by atoms with van der Waals surface area (Å²) in [4.78, 5) is 14.5. The molecule has 2 unspecified atom stereocenters. The van der Waals surface area contributed by atoms with E-state index in [-0.39, 0.29) is 23.6 Å². The lowest BCUT2D eigenvalue weighted by molar-refractivity contribution is -0.144. The number of nitrogen functional groups attached to an aromatic ring is 1. The largest absolute Gasteiger partial charge is 0.504 e. The highest BCUT2D eigenvalue weighted by Crippen LogP contribution is 2.24. The van der Waals surface area contributed by atoms with Crippen LogP contribution in [0.15, 0.2) is 12.3 Å². The van der Waals surface area contributed by atoms with Gasteiger partial charge < -0.3 is 25.8 Å².